The van der Waals surface area contributed by atoms with Gasteiger partial charge in [0.25, 0.3) is 0 Å². The monoisotopic (exact) mass is 536 g/mol. The van der Waals surface area contributed by atoms with Gasteiger partial charge in [0.1, 0.15) is 11.4 Å². The lowest BCUT2D eigenvalue weighted by atomic mass is 9.87. The molecule has 1 heterocycles. The highest BCUT2D eigenvalue weighted by Gasteiger charge is 2.81. The Kier molecular flexibility index (Phi) is 6.50. The molecule has 0 bridgehead atoms. The van der Waals surface area contributed by atoms with E-state index in [1.165, 1.54) is 6.20 Å². The van der Waals surface area contributed by atoms with Gasteiger partial charge in [-0.2, -0.15) is 35.1 Å². The van der Waals surface area contributed by atoms with Gasteiger partial charge in [-0.1, -0.05) is 40.5 Å². The molecular weight excluding hydrogens is 526 g/mol. The van der Waals surface area contributed by atoms with Crippen molar-refractivity contribution in [3.05, 3.63) is 58.2 Å². The molecule has 184 valence electrons. The number of nitrogens with zero attached hydrogens (tertiary/aromatic N) is 3. The first-order chi connectivity index (χ1) is 15.5. The number of rotatable bonds is 5. The molecule has 1 aromatic heterocycles. The molecule has 1 atom stereocenters. The van der Waals surface area contributed by atoms with Crippen molar-refractivity contribution in [2.24, 2.45) is 0 Å². The number of alkyl halides is 9. The molecule has 1 unspecified atom stereocenters. The number of hydrogen-bond donors (Lipinski definition) is 1. The molecule has 15 heteroatoms. The van der Waals surface area contributed by atoms with E-state index in [9.17, 15) is 39.5 Å². The summed E-state index contributed by atoms with van der Waals surface area (Å²) < 4.78 is 121. The van der Waals surface area contributed by atoms with E-state index in [1.807, 2.05) is 0 Å². The van der Waals surface area contributed by atoms with Gasteiger partial charge >= 0.3 is 23.9 Å². The zero-order valence-corrected chi connectivity index (χ0v) is 18.1. The number of aromatic nitrogens is 3. The molecule has 0 amide bonds. The van der Waals surface area contributed by atoms with Gasteiger partial charge in [-0.15, -0.1) is 5.10 Å². The highest BCUT2D eigenvalue weighted by atomic mass is 35.5. The summed E-state index contributed by atoms with van der Waals surface area (Å²) in [5, 5.41) is 8.67. The van der Waals surface area contributed by atoms with Crippen LogP contribution in [-0.2, 0) is 5.67 Å². The average molecular weight is 537 g/mol. The Labute approximate surface area is 195 Å². The van der Waals surface area contributed by atoms with E-state index < -0.39 is 45.2 Å². The fourth-order valence-corrected chi connectivity index (χ4v) is 3.70. The molecule has 3 rings (SSSR count). The van der Waals surface area contributed by atoms with Crippen LogP contribution in [0.15, 0.2) is 42.6 Å². The van der Waals surface area contributed by atoms with E-state index in [2.05, 4.69) is 15.6 Å². The number of nitrogens with one attached hydrogen (secondary N) is 1. The van der Waals surface area contributed by atoms with Gasteiger partial charge < -0.3 is 5.32 Å². The van der Waals surface area contributed by atoms with Gasteiger partial charge in [0.05, 0.1) is 16.2 Å². The molecule has 0 aliphatic heterocycles. The van der Waals surface area contributed by atoms with Crippen LogP contribution >= 0.6 is 23.2 Å². The Morgan fingerprint density at radius 1 is 0.853 bits per heavy atom. The highest BCUT2D eigenvalue weighted by Crippen LogP contribution is 2.59. The molecule has 0 aliphatic rings. The third-order valence-corrected chi connectivity index (χ3v) is 5.34. The van der Waals surface area contributed by atoms with Gasteiger partial charge in [-0.3, -0.25) is 0 Å². The summed E-state index contributed by atoms with van der Waals surface area (Å²) in [5.41, 5.74) is -7.27. The third kappa shape index (κ3) is 4.15. The van der Waals surface area contributed by atoms with Crippen LogP contribution in [0.25, 0.3) is 16.9 Å². The fraction of sp³-hybridized carbons (Fsp3) is 0.263. The smallest absolute Gasteiger partial charge is 0.388 e. The predicted molar refractivity (Wildman–Crippen MR) is 106 cm³/mol. The quantitative estimate of drug-likeness (QED) is 0.350. The van der Waals surface area contributed by atoms with E-state index in [0.29, 0.717) is 11.3 Å². The Balaban J connectivity index is 2.13. The first-order valence-corrected chi connectivity index (χ1v) is 9.70. The maximum Gasteiger partial charge on any atom is 0.457 e. The van der Waals surface area contributed by atoms with E-state index in [1.54, 1.807) is 31.3 Å². The van der Waals surface area contributed by atoms with Crippen molar-refractivity contribution in [3.8, 4) is 16.9 Å². The Morgan fingerprint density at radius 3 is 1.94 bits per heavy atom. The second kappa shape index (κ2) is 8.52. The van der Waals surface area contributed by atoms with Crippen LogP contribution in [0, 0.1) is 0 Å². The van der Waals surface area contributed by atoms with Crippen molar-refractivity contribution < 1.29 is 39.5 Å². The maximum absolute atomic E-state index is 14.7. The second-order valence-electron chi connectivity index (χ2n) is 6.90. The lowest BCUT2D eigenvalue weighted by Crippen LogP contribution is -2.59. The summed E-state index contributed by atoms with van der Waals surface area (Å²) in [6, 6.07) is 6.69. The number of halogens is 11. The molecule has 0 saturated carbocycles. The first kappa shape index (κ1) is 25.9. The lowest BCUT2D eigenvalue weighted by Gasteiger charge is -2.36. The SMILES string of the molecule is CNc1cccc(-c2cn(-c3c(Cl)cc(C(F)(C(F)(F)F)C(F)(F)C(F)(F)F)cc3Cl)nn2)c1. The van der Waals surface area contributed by atoms with Crippen LogP contribution in [0.1, 0.15) is 5.56 Å². The first-order valence-electron chi connectivity index (χ1n) is 8.95. The topological polar surface area (TPSA) is 42.7 Å². The average Bonchev–Trinajstić information content (AvgIpc) is 3.20. The second-order valence-corrected chi connectivity index (χ2v) is 7.71. The van der Waals surface area contributed by atoms with Crippen molar-refractivity contribution in [3.63, 3.8) is 0 Å². The normalized spacial score (nSPS) is 14.7. The number of benzene rings is 2. The fourth-order valence-electron chi connectivity index (χ4n) is 3.04. The minimum Gasteiger partial charge on any atom is -0.388 e. The minimum absolute atomic E-state index is 0.0150. The van der Waals surface area contributed by atoms with Gasteiger partial charge in [0.15, 0.2) is 0 Å². The van der Waals surface area contributed by atoms with Crippen LogP contribution in [0.5, 0.6) is 0 Å². The molecule has 34 heavy (non-hydrogen) atoms. The van der Waals surface area contributed by atoms with Crippen LogP contribution < -0.4 is 5.32 Å². The lowest BCUT2D eigenvalue weighted by molar-refractivity contribution is -0.389. The standard InChI is InChI=1S/C19H11Cl2F9N4/c1-31-11-4-2-3-9(5-11)14-8-34(33-32-14)15-12(20)6-10(7-13(15)21)16(22,18(25,26)27)17(23,24)19(28,29)30/h2-8,31H,1H3. The van der Waals surface area contributed by atoms with E-state index >= 15 is 0 Å². The highest BCUT2D eigenvalue weighted by molar-refractivity contribution is 6.37. The van der Waals surface area contributed by atoms with Crippen molar-refractivity contribution in [2.45, 2.75) is 23.9 Å². The molecular formula is C19H11Cl2F9N4. The Morgan fingerprint density at radius 2 is 1.44 bits per heavy atom. The molecule has 4 nitrogen and oxygen atoms in total. The van der Waals surface area contributed by atoms with Gasteiger partial charge in [-0.25, -0.2) is 9.07 Å². The molecule has 2 aromatic carbocycles. The molecule has 3 aromatic rings. The zero-order chi connectivity index (χ0) is 25.7. The molecule has 0 spiro atoms. The van der Waals surface area contributed by atoms with E-state index in [-0.39, 0.29) is 17.8 Å². The van der Waals surface area contributed by atoms with Crippen molar-refractivity contribution in [1.82, 2.24) is 15.0 Å². The molecule has 0 fully saturated rings. The Bertz CT molecular complexity index is 1180. The summed E-state index contributed by atoms with van der Waals surface area (Å²) in [5.74, 6) is -6.86. The maximum atomic E-state index is 14.7. The minimum atomic E-state index is -6.88. The summed E-state index contributed by atoms with van der Waals surface area (Å²) >= 11 is 11.7. The van der Waals surface area contributed by atoms with Gasteiger partial charge in [0.2, 0.25) is 0 Å². The van der Waals surface area contributed by atoms with Crippen LogP contribution in [0.3, 0.4) is 0 Å². The van der Waals surface area contributed by atoms with Crippen molar-refractivity contribution >= 4 is 28.9 Å². The third-order valence-electron chi connectivity index (χ3n) is 4.76. The summed E-state index contributed by atoms with van der Waals surface area (Å²) in [6.07, 6.45) is -12.3. The van der Waals surface area contributed by atoms with Crippen LogP contribution in [-0.4, -0.2) is 40.3 Å². The van der Waals surface area contributed by atoms with Crippen molar-refractivity contribution in [1.29, 1.82) is 0 Å². The number of anilines is 1. The van der Waals surface area contributed by atoms with Crippen molar-refractivity contribution in [2.75, 3.05) is 12.4 Å². The predicted octanol–water partition coefficient (Wildman–Crippen LogP) is 7.21. The summed E-state index contributed by atoms with van der Waals surface area (Å²) in [4.78, 5) is 0. The molecule has 0 saturated heterocycles. The Hall–Kier alpha value is -2.67. The summed E-state index contributed by atoms with van der Waals surface area (Å²) in [6.45, 7) is 0. The number of hydrogen-bond acceptors (Lipinski definition) is 3. The van der Waals surface area contributed by atoms with E-state index in [4.69, 9.17) is 23.2 Å². The largest absolute Gasteiger partial charge is 0.457 e. The molecule has 0 radical (unpaired) electrons. The van der Waals surface area contributed by atoms with E-state index in [0.717, 1.165) is 4.68 Å². The van der Waals surface area contributed by atoms with Crippen LogP contribution in [0.4, 0.5) is 45.2 Å². The van der Waals surface area contributed by atoms with Gasteiger partial charge in [-0.05, 0) is 24.3 Å². The van der Waals surface area contributed by atoms with Crippen LogP contribution in [0.2, 0.25) is 10.0 Å². The molecule has 1 N–H and O–H groups in total. The van der Waals surface area contributed by atoms with Gasteiger partial charge in [0, 0.05) is 23.9 Å². The zero-order valence-electron chi connectivity index (χ0n) is 16.5. The summed E-state index contributed by atoms with van der Waals surface area (Å²) in [7, 11) is 1.66. The molecule has 0 aliphatic carbocycles.